The topological polar surface area (TPSA) is 86.5 Å². The van der Waals surface area contributed by atoms with Gasteiger partial charge in [-0.1, -0.05) is 13.8 Å². The van der Waals surface area contributed by atoms with Crippen LogP contribution in [0.5, 0.6) is 11.5 Å². The van der Waals surface area contributed by atoms with E-state index in [4.69, 9.17) is 15.2 Å². The number of nitrogens with two attached hydrogens (primary N) is 1. The lowest BCUT2D eigenvalue weighted by molar-refractivity contribution is -0.122. The van der Waals surface area contributed by atoms with Crippen molar-refractivity contribution >= 4 is 17.2 Å². The Morgan fingerprint density at radius 1 is 1.31 bits per heavy atom. The van der Waals surface area contributed by atoms with Gasteiger partial charge < -0.3 is 20.5 Å². The lowest BCUT2D eigenvalue weighted by atomic mass is 9.88. The highest BCUT2D eigenvalue weighted by Gasteiger charge is 2.28. The fraction of sp³-hybridized carbons (Fsp3) is 0.474. The molecule has 142 valence electrons. The zero-order valence-electron chi connectivity index (χ0n) is 16.0. The van der Waals surface area contributed by atoms with Crippen molar-refractivity contribution in [1.29, 1.82) is 0 Å². The maximum atomic E-state index is 12.4. The maximum Gasteiger partial charge on any atom is 0.226 e. The Labute approximate surface area is 158 Å². The molecule has 3 N–H and O–H groups in total. The minimum Gasteiger partial charge on any atom is -0.493 e. The molecule has 0 saturated heterocycles. The molecule has 0 aliphatic carbocycles. The summed E-state index contributed by atoms with van der Waals surface area (Å²) in [5.41, 5.74) is 7.07. The van der Waals surface area contributed by atoms with Gasteiger partial charge >= 0.3 is 0 Å². The molecule has 0 spiro atoms. The van der Waals surface area contributed by atoms with Crippen LogP contribution >= 0.6 is 11.3 Å². The number of carbonyl (C=O) groups is 1. The van der Waals surface area contributed by atoms with Gasteiger partial charge in [-0.05, 0) is 31.0 Å². The van der Waals surface area contributed by atoms with E-state index in [0.717, 1.165) is 16.3 Å². The molecule has 1 aromatic carbocycles. The van der Waals surface area contributed by atoms with Gasteiger partial charge in [-0.3, -0.25) is 4.79 Å². The fourth-order valence-electron chi connectivity index (χ4n) is 2.45. The number of ether oxygens (including phenoxy) is 2. The summed E-state index contributed by atoms with van der Waals surface area (Å²) >= 11 is 1.50. The molecule has 6 nitrogen and oxygen atoms in total. The van der Waals surface area contributed by atoms with E-state index in [1.54, 1.807) is 14.2 Å². The van der Waals surface area contributed by atoms with E-state index < -0.39 is 5.54 Å². The second kappa shape index (κ2) is 8.51. The zero-order chi connectivity index (χ0) is 19.3. The number of amides is 1. The first-order valence-corrected chi connectivity index (χ1v) is 9.38. The average molecular weight is 378 g/mol. The highest BCUT2D eigenvalue weighted by molar-refractivity contribution is 7.13. The van der Waals surface area contributed by atoms with Crippen molar-refractivity contribution < 1.29 is 14.3 Å². The Morgan fingerprint density at radius 2 is 2.00 bits per heavy atom. The number of rotatable bonds is 8. The fourth-order valence-corrected chi connectivity index (χ4v) is 3.26. The highest BCUT2D eigenvalue weighted by Crippen LogP contribution is 2.33. The molecule has 0 fully saturated rings. The van der Waals surface area contributed by atoms with Crippen molar-refractivity contribution in [2.24, 2.45) is 11.7 Å². The molecule has 7 heteroatoms. The Morgan fingerprint density at radius 3 is 2.58 bits per heavy atom. The van der Waals surface area contributed by atoms with Crippen LogP contribution in [0.4, 0.5) is 0 Å². The molecule has 2 rings (SSSR count). The lowest BCUT2D eigenvalue weighted by Crippen LogP contribution is -2.55. The molecule has 0 bridgehead atoms. The van der Waals surface area contributed by atoms with Crippen molar-refractivity contribution in [2.45, 2.75) is 32.7 Å². The molecule has 0 aliphatic heterocycles. The number of aromatic nitrogens is 1. The quantitative estimate of drug-likeness (QED) is 0.739. The van der Waals surface area contributed by atoms with E-state index >= 15 is 0 Å². The SMILES string of the molecule is COc1ccc(-c2nc(CC(=O)NC(C)(CN)C(C)C)cs2)cc1OC. The average Bonchev–Trinajstić information content (AvgIpc) is 3.08. The molecule has 0 radical (unpaired) electrons. The summed E-state index contributed by atoms with van der Waals surface area (Å²) in [6, 6.07) is 5.65. The molecule has 1 unspecified atom stereocenters. The van der Waals surface area contributed by atoms with Crippen molar-refractivity contribution in [3.63, 3.8) is 0 Å². The summed E-state index contributed by atoms with van der Waals surface area (Å²) < 4.78 is 10.6. The molecule has 2 aromatic rings. The van der Waals surface area contributed by atoms with Crippen LogP contribution in [0, 0.1) is 5.92 Å². The molecule has 26 heavy (non-hydrogen) atoms. The van der Waals surface area contributed by atoms with Crippen molar-refractivity contribution in [3.8, 4) is 22.1 Å². The van der Waals surface area contributed by atoms with Crippen LogP contribution in [0.3, 0.4) is 0 Å². The third-order valence-electron chi connectivity index (χ3n) is 4.65. The van der Waals surface area contributed by atoms with Crippen molar-refractivity contribution in [2.75, 3.05) is 20.8 Å². The summed E-state index contributed by atoms with van der Waals surface area (Å²) in [5.74, 6) is 1.49. The van der Waals surface area contributed by atoms with Crippen molar-refractivity contribution in [1.82, 2.24) is 10.3 Å². The van der Waals surface area contributed by atoms with Gasteiger partial charge in [-0.25, -0.2) is 4.98 Å². The first kappa shape index (κ1) is 20.2. The zero-order valence-corrected chi connectivity index (χ0v) is 16.8. The van der Waals surface area contributed by atoms with Gasteiger partial charge in [0.05, 0.1) is 31.9 Å². The Hall–Kier alpha value is -2.12. The summed E-state index contributed by atoms with van der Waals surface area (Å²) in [5, 5.41) is 5.77. The van der Waals surface area contributed by atoms with Crippen LogP contribution in [0.25, 0.3) is 10.6 Å². The van der Waals surface area contributed by atoms with Crippen LogP contribution in [-0.4, -0.2) is 37.2 Å². The first-order chi connectivity index (χ1) is 12.3. The Balaban J connectivity index is 2.11. The third-order valence-corrected chi connectivity index (χ3v) is 5.59. The van der Waals surface area contributed by atoms with Gasteiger partial charge in [0, 0.05) is 17.5 Å². The van der Waals surface area contributed by atoms with E-state index in [9.17, 15) is 4.79 Å². The van der Waals surface area contributed by atoms with Crippen LogP contribution in [-0.2, 0) is 11.2 Å². The van der Waals surface area contributed by atoms with Crippen LogP contribution < -0.4 is 20.5 Å². The largest absolute Gasteiger partial charge is 0.493 e. The summed E-state index contributed by atoms with van der Waals surface area (Å²) in [6.07, 6.45) is 0.228. The molecule has 0 saturated carbocycles. The van der Waals surface area contributed by atoms with E-state index in [-0.39, 0.29) is 18.2 Å². The van der Waals surface area contributed by atoms with Gasteiger partial charge in [-0.2, -0.15) is 0 Å². The minimum atomic E-state index is -0.417. The Bertz CT molecular complexity index is 760. The monoisotopic (exact) mass is 377 g/mol. The molecule has 1 amide bonds. The van der Waals surface area contributed by atoms with E-state index in [1.807, 2.05) is 44.4 Å². The van der Waals surface area contributed by atoms with Crippen LogP contribution in [0.1, 0.15) is 26.5 Å². The van der Waals surface area contributed by atoms with Gasteiger partial charge in [0.1, 0.15) is 5.01 Å². The molecular formula is C19H27N3O3S. The summed E-state index contributed by atoms with van der Waals surface area (Å²) in [7, 11) is 3.20. The van der Waals surface area contributed by atoms with Crippen LogP contribution in [0.15, 0.2) is 23.6 Å². The van der Waals surface area contributed by atoms with Crippen LogP contribution in [0.2, 0.25) is 0 Å². The number of hydrogen-bond donors (Lipinski definition) is 2. The lowest BCUT2D eigenvalue weighted by Gasteiger charge is -2.33. The molecular weight excluding hydrogens is 350 g/mol. The second-order valence-electron chi connectivity index (χ2n) is 6.72. The highest BCUT2D eigenvalue weighted by atomic mass is 32.1. The van der Waals surface area contributed by atoms with Gasteiger partial charge in [0.25, 0.3) is 0 Å². The third kappa shape index (κ3) is 4.53. The normalized spacial score (nSPS) is 13.3. The maximum absolute atomic E-state index is 12.4. The number of nitrogens with one attached hydrogen (secondary N) is 1. The molecule has 0 aliphatic rings. The number of benzene rings is 1. The van der Waals surface area contributed by atoms with E-state index in [0.29, 0.717) is 18.0 Å². The van der Waals surface area contributed by atoms with Crippen molar-refractivity contribution in [3.05, 3.63) is 29.3 Å². The van der Waals surface area contributed by atoms with E-state index in [1.165, 1.54) is 11.3 Å². The molecule has 1 heterocycles. The molecule has 1 aromatic heterocycles. The number of thiazole rings is 1. The molecule has 1 atom stereocenters. The summed E-state index contributed by atoms with van der Waals surface area (Å²) in [4.78, 5) is 17.0. The smallest absolute Gasteiger partial charge is 0.226 e. The standard InChI is InChI=1S/C19H27N3O3S/c1-12(2)19(3,11-20)22-17(23)9-14-10-26-18(21-14)13-6-7-15(24-4)16(8-13)25-5/h6-8,10,12H,9,11,20H2,1-5H3,(H,22,23). The second-order valence-corrected chi connectivity index (χ2v) is 7.57. The van der Waals surface area contributed by atoms with E-state index in [2.05, 4.69) is 10.3 Å². The number of methoxy groups -OCH3 is 2. The predicted octanol–water partition coefficient (Wildman–Crippen LogP) is 2.86. The Kier molecular flexibility index (Phi) is 6.61. The first-order valence-electron chi connectivity index (χ1n) is 8.50. The van der Waals surface area contributed by atoms with Gasteiger partial charge in [-0.15, -0.1) is 11.3 Å². The number of hydrogen-bond acceptors (Lipinski definition) is 6. The van der Waals surface area contributed by atoms with Gasteiger partial charge in [0.2, 0.25) is 5.91 Å². The van der Waals surface area contributed by atoms with Gasteiger partial charge in [0.15, 0.2) is 11.5 Å². The minimum absolute atomic E-state index is 0.0733. The summed E-state index contributed by atoms with van der Waals surface area (Å²) in [6.45, 7) is 6.45. The number of nitrogens with zero attached hydrogens (tertiary/aromatic N) is 1. The number of carbonyl (C=O) groups excluding carboxylic acids is 1. The predicted molar refractivity (Wildman–Crippen MR) is 105 cm³/mol.